The Labute approximate surface area is 133 Å². The lowest BCUT2D eigenvalue weighted by Gasteiger charge is -2.46. The van der Waals surface area contributed by atoms with Crippen molar-refractivity contribution in [2.24, 2.45) is 16.1 Å². The van der Waals surface area contributed by atoms with Gasteiger partial charge in [0, 0.05) is 19.9 Å². The number of benzene rings is 1. The van der Waals surface area contributed by atoms with E-state index in [0.717, 1.165) is 17.0 Å². The Morgan fingerprint density at radius 1 is 1.22 bits per heavy atom. The summed E-state index contributed by atoms with van der Waals surface area (Å²) in [5, 5.41) is 11.2. The number of nitrogens with zero attached hydrogens (tertiary/aromatic N) is 2. The van der Waals surface area contributed by atoms with Gasteiger partial charge in [-0.05, 0) is 18.6 Å². The van der Waals surface area contributed by atoms with Crippen LogP contribution in [-0.4, -0.2) is 44.1 Å². The molecule has 1 saturated heterocycles. The van der Waals surface area contributed by atoms with Crippen LogP contribution in [0.25, 0.3) is 0 Å². The normalized spacial score (nSPS) is 34.4. The van der Waals surface area contributed by atoms with E-state index in [9.17, 15) is 4.79 Å². The SMILES string of the molecule is COC1OC2=NN=C(C)C2C2(C(=O)Nc3ccccc32)C1OC. The van der Waals surface area contributed by atoms with E-state index < -0.39 is 23.7 Å². The van der Waals surface area contributed by atoms with Crippen molar-refractivity contribution in [1.29, 1.82) is 0 Å². The zero-order valence-electron chi connectivity index (χ0n) is 13.1. The smallest absolute Gasteiger partial charge is 0.239 e. The van der Waals surface area contributed by atoms with Crippen LogP contribution in [0.4, 0.5) is 5.69 Å². The van der Waals surface area contributed by atoms with Crippen LogP contribution in [0.5, 0.6) is 0 Å². The monoisotopic (exact) mass is 315 g/mol. The summed E-state index contributed by atoms with van der Waals surface area (Å²) in [6.45, 7) is 1.85. The molecule has 7 heteroatoms. The van der Waals surface area contributed by atoms with Crippen LogP contribution in [0.1, 0.15) is 12.5 Å². The summed E-state index contributed by atoms with van der Waals surface area (Å²) >= 11 is 0. The predicted octanol–water partition coefficient (Wildman–Crippen LogP) is 1.30. The molecule has 23 heavy (non-hydrogen) atoms. The number of para-hydroxylation sites is 1. The lowest BCUT2D eigenvalue weighted by atomic mass is 9.64. The molecule has 7 nitrogen and oxygen atoms in total. The third-order valence-electron chi connectivity index (χ3n) is 4.84. The first-order valence-electron chi connectivity index (χ1n) is 7.39. The lowest BCUT2D eigenvalue weighted by Crippen LogP contribution is -2.64. The van der Waals surface area contributed by atoms with Gasteiger partial charge in [0.25, 0.3) is 0 Å². The molecule has 1 N–H and O–H groups in total. The maximum atomic E-state index is 13.1. The topological polar surface area (TPSA) is 81.5 Å². The number of fused-ring (bicyclic) bond motifs is 4. The van der Waals surface area contributed by atoms with E-state index in [2.05, 4.69) is 15.5 Å². The number of methoxy groups -OCH3 is 2. The first-order chi connectivity index (χ1) is 11.1. The third kappa shape index (κ3) is 1.63. The van der Waals surface area contributed by atoms with Crippen molar-refractivity contribution < 1.29 is 19.0 Å². The van der Waals surface area contributed by atoms with Crippen molar-refractivity contribution in [3.8, 4) is 0 Å². The zero-order valence-corrected chi connectivity index (χ0v) is 13.1. The summed E-state index contributed by atoms with van der Waals surface area (Å²) in [5.41, 5.74) is 1.35. The molecular weight excluding hydrogens is 298 g/mol. The molecule has 120 valence electrons. The molecule has 0 aliphatic carbocycles. The van der Waals surface area contributed by atoms with Crippen molar-refractivity contribution in [2.45, 2.75) is 24.7 Å². The number of amides is 1. The van der Waals surface area contributed by atoms with E-state index >= 15 is 0 Å². The minimum absolute atomic E-state index is 0.148. The molecule has 3 aliphatic rings. The van der Waals surface area contributed by atoms with Gasteiger partial charge in [-0.3, -0.25) is 4.79 Å². The predicted molar refractivity (Wildman–Crippen MR) is 83.5 cm³/mol. The summed E-state index contributed by atoms with van der Waals surface area (Å²) in [6, 6.07) is 7.60. The van der Waals surface area contributed by atoms with Crippen molar-refractivity contribution in [1.82, 2.24) is 0 Å². The number of ether oxygens (including phenoxy) is 3. The summed E-state index contributed by atoms with van der Waals surface area (Å²) < 4.78 is 16.9. The van der Waals surface area contributed by atoms with E-state index in [-0.39, 0.29) is 5.91 Å². The Morgan fingerprint density at radius 3 is 2.74 bits per heavy atom. The fourth-order valence-electron chi connectivity index (χ4n) is 3.94. The molecule has 1 fully saturated rings. The second-order valence-corrected chi connectivity index (χ2v) is 5.86. The van der Waals surface area contributed by atoms with E-state index in [0.29, 0.717) is 5.90 Å². The molecule has 4 unspecified atom stereocenters. The first kappa shape index (κ1) is 14.3. The van der Waals surface area contributed by atoms with Crippen LogP contribution in [0.2, 0.25) is 0 Å². The molecule has 1 aromatic rings. The molecule has 3 heterocycles. The quantitative estimate of drug-likeness (QED) is 0.892. The highest BCUT2D eigenvalue weighted by Gasteiger charge is 2.67. The second kappa shape index (κ2) is 4.87. The Hall–Kier alpha value is -2.25. The van der Waals surface area contributed by atoms with Gasteiger partial charge in [-0.2, -0.15) is 5.10 Å². The fourth-order valence-corrected chi connectivity index (χ4v) is 3.94. The molecular formula is C16H17N3O4. The number of nitrogens with one attached hydrogen (secondary N) is 1. The summed E-state index contributed by atoms with van der Waals surface area (Å²) in [7, 11) is 3.08. The van der Waals surface area contributed by atoms with Gasteiger partial charge in [-0.25, -0.2) is 0 Å². The molecule has 0 bridgehead atoms. The van der Waals surface area contributed by atoms with Gasteiger partial charge in [0.1, 0.15) is 11.5 Å². The lowest BCUT2D eigenvalue weighted by molar-refractivity contribution is -0.191. The standard InChI is InChI=1S/C16H17N3O4/c1-8-11-13(19-18-8)23-14(22-3)12(21-2)16(11)9-6-4-5-7-10(9)17-15(16)20/h4-7,11-12,14H,1-3H3,(H,17,20). The van der Waals surface area contributed by atoms with Gasteiger partial charge in [-0.1, -0.05) is 18.2 Å². The third-order valence-corrected chi connectivity index (χ3v) is 4.84. The number of hydrogen-bond donors (Lipinski definition) is 1. The van der Waals surface area contributed by atoms with Crippen molar-refractivity contribution in [3.63, 3.8) is 0 Å². The molecule has 1 spiro atoms. The molecule has 1 amide bonds. The molecule has 0 aromatic heterocycles. The molecule has 0 saturated carbocycles. The summed E-state index contributed by atoms with van der Waals surface area (Å²) in [5.74, 6) is -0.151. The van der Waals surface area contributed by atoms with E-state index in [1.807, 2.05) is 31.2 Å². The van der Waals surface area contributed by atoms with Gasteiger partial charge in [-0.15, -0.1) is 5.10 Å². The highest BCUT2D eigenvalue weighted by Crippen LogP contribution is 2.52. The number of rotatable bonds is 2. The molecule has 0 radical (unpaired) electrons. The summed E-state index contributed by atoms with van der Waals surface area (Å²) in [6.07, 6.45) is -1.36. The fraction of sp³-hybridized carbons (Fsp3) is 0.438. The van der Waals surface area contributed by atoms with E-state index in [1.54, 1.807) is 7.11 Å². The molecule has 1 aromatic carbocycles. The van der Waals surface area contributed by atoms with Gasteiger partial charge >= 0.3 is 0 Å². The molecule has 4 rings (SSSR count). The average Bonchev–Trinajstić information content (AvgIpc) is 3.07. The van der Waals surface area contributed by atoms with Crippen LogP contribution in [0.15, 0.2) is 34.5 Å². The van der Waals surface area contributed by atoms with Gasteiger partial charge in [0.15, 0.2) is 0 Å². The van der Waals surface area contributed by atoms with E-state index in [4.69, 9.17) is 14.2 Å². The second-order valence-electron chi connectivity index (χ2n) is 5.86. The largest absolute Gasteiger partial charge is 0.446 e. The number of carbonyl (C=O) groups excluding carboxylic acids is 1. The van der Waals surface area contributed by atoms with Gasteiger partial charge in [0.05, 0.1) is 11.6 Å². The number of hydrogen-bond acceptors (Lipinski definition) is 6. The zero-order chi connectivity index (χ0) is 16.2. The number of carbonyl (C=O) groups is 1. The van der Waals surface area contributed by atoms with Gasteiger partial charge in [0.2, 0.25) is 18.1 Å². The van der Waals surface area contributed by atoms with Crippen LogP contribution in [-0.2, 0) is 24.4 Å². The average molecular weight is 315 g/mol. The Morgan fingerprint density at radius 2 is 2.00 bits per heavy atom. The number of anilines is 1. The maximum Gasteiger partial charge on any atom is 0.239 e. The highest BCUT2D eigenvalue weighted by atomic mass is 16.7. The Balaban J connectivity index is 2.00. The Kier molecular flexibility index (Phi) is 3.04. The van der Waals surface area contributed by atoms with Gasteiger partial charge < -0.3 is 19.5 Å². The minimum atomic E-state index is -1.01. The van der Waals surface area contributed by atoms with Crippen LogP contribution in [0, 0.1) is 5.92 Å². The first-order valence-corrected chi connectivity index (χ1v) is 7.39. The molecule has 4 atom stereocenters. The maximum absolute atomic E-state index is 13.1. The van der Waals surface area contributed by atoms with E-state index in [1.165, 1.54) is 7.11 Å². The van der Waals surface area contributed by atoms with Crippen molar-refractivity contribution in [2.75, 3.05) is 19.5 Å². The minimum Gasteiger partial charge on any atom is -0.446 e. The highest BCUT2D eigenvalue weighted by molar-refractivity contribution is 6.18. The Bertz CT molecular complexity index is 745. The van der Waals surface area contributed by atoms with Crippen LogP contribution >= 0.6 is 0 Å². The van der Waals surface area contributed by atoms with Crippen LogP contribution < -0.4 is 5.32 Å². The summed E-state index contributed by atoms with van der Waals surface area (Å²) in [4.78, 5) is 13.1. The van der Waals surface area contributed by atoms with Crippen molar-refractivity contribution >= 4 is 23.2 Å². The van der Waals surface area contributed by atoms with Crippen molar-refractivity contribution in [3.05, 3.63) is 29.8 Å². The van der Waals surface area contributed by atoms with Crippen LogP contribution in [0.3, 0.4) is 0 Å². The molecule has 3 aliphatic heterocycles.